The zero-order chi connectivity index (χ0) is 17.5. The fourth-order valence-electron chi connectivity index (χ4n) is 2.29. The summed E-state index contributed by atoms with van der Waals surface area (Å²) in [5.74, 6) is -0.510. The van der Waals surface area contributed by atoms with E-state index in [9.17, 15) is 14.4 Å². The SMILES string of the molecule is COc1ccccc1C(=O)NCC(=O)OCC(=O)N[C@H](C)C1CC1. The van der Waals surface area contributed by atoms with Gasteiger partial charge in [-0.15, -0.1) is 0 Å². The number of para-hydroxylation sites is 1. The van der Waals surface area contributed by atoms with Crippen molar-refractivity contribution in [3.63, 3.8) is 0 Å². The Morgan fingerprint density at radius 2 is 1.96 bits per heavy atom. The first kappa shape index (κ1) is 17.8. The Morgan fingerprint density at radius 3 is 2.62 bits per heavy atom. The smallest absolute Gasteiger partial charge is 0.325 e. The second-order valence-electron chi connectivity index (χ2n) is 5.74. The lowest BCUT2D eigenvalue weighted by atomic mass is 10.2. The molecule has 0 radical (unpaired) electrons. The van der Waals surface area contributed by atoms with Crippen LogP contribution in [-0.2, 0) is 14.3 Å². The van der Waals surface area contributed by atoms with Crippen LogP contribution in [0.25, 0.3) is 0 Å². The van der Waals surface area contributed by atoms with Gasteiger partial charge in [0.15, 0.2) is 6.61 Å². The van der Waals surface area contributed by atoms with Crippen molar-refractivity contribution in [1.29, 1.82) is 0 Å². The molecule has 2 rings (SSSR count). The van der Waals surface area contributed by atoms with Gasteiger partial charge < -0.3 is 20.1 Å². The van der Waals surface area contributed by atoms with Gasteiger partial charge in [-0.1, -0.05) is 12.1 Å². The van der Waals surface area contributed by atoms with Gasteiger partial charge in [0.25, 0.3) is 11.8 Å². The molecule has 0 heterocycles. The number of carbonyl (C=O) groups excluding carboxylic acids is 3. The summed E-state index contributed by atoms with van der Waals surface area (Å²) in [7, 11) is 1.46. The van der Waals surface area contributed by atoms with Crippen LogP contribution in [-0.4, -0.2) is 44.1 Å². The molecule has 1 aromatic carbocycles. The summed E-state index contributed by atoms with van der Waals surface area (Å²) in [5, 5.41) is 5.22. The minimum absolute atomic E-state index is 0.0986. The number of ether oxygens (including phenoxy) is 2. The lowest BCUT2D eigenvalue weighted by molar-refractivity contribution is -0.147. The summed E-state index contributed by atoms with van der Waals surface area (Å²) in [6, 6.07) is 6.78. The molecule has 0 saturated heterocycles. The van der Waals surface area contributed by atoms with Gasteiger partial charge in [-0.3, -0.25) is 14.4 Å². The van der Waals surface area contributed by atoms with Crippen molar-refractivity contribution in [2.45, 2.75) is 25.8 Å². The number of amides is 2. The molecular formula is C17H22N2O5. The highest BCUT2D eigenvalue weighted by molar-refractivity contribution is 5.98. The summed E-state index contributed by atoms with van der Waals surface area (Å²) in [6.07, 6.45) is 2.24. The Hall–Kier alpha value is -2.57. The molecule has 0 bridgehead atoms. The van der Waals surface area contributed by atoms with Crippen LogP contribution < -0.4 is 15.4 Å². The van der Waals surface area contributed by atoms with Gasteiger partial charge in [-0.25, -0.2) is 0 Å². The maximum Gasteiger partial charge on any atom is 0.325 e. The summed E-state index contributed by atoms with van der Waals surface area (Å²) in [5.41, 5.74) is 0.323. The molecule has 0 aromatic heterocycles. The van der Waals surface area contributed by atoms with Gasteiger partial charge in [0.05, 0.1) is 12.7 Å². The van der Waals surface area contributed by atoms with E-state index in [2.05, 4.69) is 10.6 Å². The van der Waals surface area contributed by atoms with Crippen LogP contribution in [0.15, 0.2) is 24.3 Å². The molecule has 7 heteroatoms. The van der Waals surface area contributed by atoms with Gasteiger partial charge in [0, 0.05) is 6.04 Å². The average molecular weight is 334 g/mol. The molecule has 1 aliphatic carbocycles. The van der Waals surface area contributed by atoms with Gasteiger partial charge in [0.2, 0.25) is 0 Å². The summed E-state index contributed by atoms with van der Waals surface area (Å²) < 4.78 is 9.93. The fourth-order valence-corrected chi connectivity index (χ4v) is 2.29. The number of methoxy groups -OCH3 is 1. The van der Waals surface area contributed by atoms with Gasteiger partial charge in [-0.2, -0.15) is 0 Å². The quantitative estimate of drug-likeness (QED) is 0.689. The first-order chi connectivity index (χ1) is 11.5. The Kier molecular flexibility index (Phi) is 6.17. The lowest BCUT2D eigenvalue weighted by Crippen LogP contribution is -2.38. The minimum Gasteiger partial charge on any atom is -0.496 e. The number of hydrogen-bond acceptors (Lipinski definition) is 5. The van der Waals surface area contributed by atoms with Crippen LogP contribution in [0.2, 0.25) is 0 Å². The molecular weight excluding hydrogens is 312 g/mol. The molecule has 1 saturated carbocycles. The molecule has 130 valence electrons. The van der Waals surface area contributed by atoms with E-state index >= 15 is 0 Å². The van der Waals surface area contributed by atoms with Crippen molar-refractivity contribution < 1.29 is 23.9 Å². The Balaban J connectivity index is 1.70. The zero-order valence-electron chi connectivity index (χ0n) is 13.8. The van der Waals surface area contributed by atoms with E-state index in [0.29, 0.717) is 17.2 Å². The highest BCUT2D eigenvalue weighted by atomic mass is 16.5. The third-order valence-corrected chi connectivity index (χ3v) is 3.83. The summed E-state index contributed by atoms with van der Waals surface area (Å²) in [4.78, 5) is 35.3. The fraction of sp³-hybridized carbons (Fsp3) is 0.471. The van der Waals surface area contributed by atoms with Crippen molar-refractivity contribution >= 4 is 17.8 Å². The third kappa shape index (κ3) is 5.26. The molecule has 24 heavy (non-hydrogen) atoms. The van der Waals surface area contributed by atoms with E-state index in [4.69, 9.17) is 9.47 Å². The second-order valence-corrected chi connectivity index (χ2v) is 5.74. The van der Waals surface area contributed by atoms with Crippen LogP contribution in [0, 0.1) is 5.92 Å². The predicted molar refractivity (Wildman–Crippen MR) is 86.6 cm³/mol. The molecule has 1 aromatic rings. The molecule has 1 aliphatic rings. The first-order valence-electron chi connectivity index (χ1n) is 7.87. The summed E-state index contributed by atoms with van der Waals surface area (Å²) >= 11 is 0. The number of benzene rings is 1. The molecule has 2 N–H and O–H groups in total. The first-order valence-corrected chi connectivity index (χ1v) is 7.87. The van der Waals surface area contributed by atoms with Crippen molar-refractivity contribution in [3.05, 3.63) is 29.8 Å². The molecule has 0 aliphatic heterocycles. The van der Waals surface area contributed by atoms with Crippen LogP contribution in [0.4, 0.5) is 0 Å². The van der Waals surface area contributed by atoms with E-state index in [1.807, 2.05) is 6.92 Å². The van der Waals surface area contributed by atoms with E-state index < -0.39 is 11.9 Å². The third-order valence-electron chi connectivity index (χ3n) is 3.83. The maximum absolute atomic E-state index is 12.0. The van der Waals surface area contributed by atoms with Crippen molar-refractivity contribution in [2.75, 3.05) is 20.3 Å². The largest absolute Gasteiger partial charge is 0.496 e. The molecule has 1 fully saturated rings. The maximum atomic E-state index is 12.0. The number of rotatable bonds is 8. The van der Waals surface area contributed by atoms with Gasteiger partial charge >= 0.3 is 5.97 Å². The van der Waals surface area contributed by atoms with E-state index in [0.717, 1.165) is 12.8 Å². The lowest BCUT2D eigenvalue weighted by Gasteiger charge is -2.13. The molecule has 1 atom stereocenters. The highest BCUT2D eigenvalue weighted by Crippen LogP contribution is 2.32. The van der Waals surface area contributed by atoms with Gasteiger partial charge in [-0.05, 0) is 37.8 Å². The van der Waals surface area contributed by atoms with Crippen LogP contribution in [0.3, 0.4) is 0 Å². The van der Waals surface area contributed by atoms with Crippen LogP contribution >= 0.6 is 0 Å². The molecule has 2 amide bonds. The van der Waals surface area contributed by atoms with E-state index in [-0.39, 0.29) is 25.1 Å². The number of esters is 1. The minimum atomic E-state index is -0.674. The number of hydrogen-bond donors (Lipinski definition) is 2. The summed E-state index contributed by atoms with van der Waals surface area (Å²) in [6.45, 7) is 1.27. The molecule has 0 spiro atoms. The number of nitrogens with one attached hydrogen (secondary N) is 2. The topological polar surface area (TPSA) is 93.7 Å². The Morgan fingerprint density at radius 1 is 1.25 bits per heavy atom. The monoisotopic (exact) mass is 334 g/mol. The molecule has 7 nitrogen and oxygen atoms in total. The van der Waals surface area contributed by atoms with E-state index in [1.54, 1.807) is 24.3 Å². The average Bonchev–Trinajstić information content (AvgIpc) is 3.42. The van der Waals surface area contributed by atoms with Crippen molar-refractivity contribution in [2.24, 2.45) is 5.92 Å². The normalized spacial score (nSPS) is 14.4. The second kappa shape index (κ2) is 8.33. The predicted octanol–water partition coefficient (Wildman–Crippen LogP) is 0.883. The molecule has 0 unspecified atom stereocenters. The van der Waals surface area contributed by atoms with E-state index in [1.165, 1.54) is 7.11 Å². The van der Waals surface area contributed by atoms with Crippen LogP contribution in [0.5, 0.6) is 5.75 Å². The van der Waals surface area contributed by atoms with Crippen LogP contribution in [0.1, 0.15) is 30.1 Å². The Labute approximate surface area is 140 Å². The zero-order valence-corrected chi connectivity index (χ0v) is 13.8. The standard InChI is InChI=1S/C17H22N2O5/c1-11(12-7-8-12)19-15(20)10-24-16(21)9-18-17(22)13-5-3-4-6-14(13)23-2/h3-6,11-12H,7-10H2,1-2H3,(H,18,22)(H,19,20)/t11-/m1/s1. The highest BCUT2D eigenvalue weighted by Gasteiger charge is 2.28. The Bertz CT molecular complexity index is 613. The van der Waals surface area contributed by atoms with Gasteiger partial charge in [0.1, 0.15) is 12.3 Å². The van der Waals surface area contributed by atoms with Crippen molar-refractivity contribution in [3.8, 4) is 5.75 Å². The number of carbonyl (C=O) groups is 3. The van der Waals surface area contributed by atoms with Crippen molar-refractivity contribution in [1.82, 2.24) is 10.6 Å².